The molecule has 6 nitrogen and oxygen atoms in total. The standard InChI is InChI=1S/C26H28N4O2/c31-23(5-6-24-29-25(30-32-24)20-7-9-27-10-8-20)28-22-3-1-21(2-4-22)26-14-17-11-18(15-26)13-19(12-17)16-26/h1-4,7-10,17-19H,5-6,11-16H2,(H,28,31). The summed E-state index contributed by atoms with van der Waals surface area (Å²) < 4.78 is 5.29. The van der Waals surface area contributed by atoms with Crippen molar-refractivity contribution < 1.29 is 9.32 Å². The molecule has 4 aliphatic rings. The summed E-state index contributed by atoms with van der Waals surface area (Å²) in [4.78, 5) is 20.8. The largest absolute Gasteiger partial charge is 0.339 e. The number of benzene rings is 1. The van der Waals surface area contributed by atoms with E-state index in [2.05, 4.69) is 44.7 Å². The number of pyridine rings is 1. The van der Waals surface area contributed by atoms with Gasteiger partial charge in [-0.1, -0.05) is 17.3 Å². The monoisotopic (exact) mass is 428 g/mol. The lowest BCUT2D eigenvalue weighted by Gasteiger charge is -2.57. The highest BCUT2D eigenvalue weighted by Gasteiger charge is 2.51. The van der Waals surface area contributed by atoms with Gasteiger partial charge in [0, 0.05) is 36.5 Å². The van der Waals surface area contributed by atoms with Gasteiger partial charge in [-0.15, -0.1) is 0 Å². The normalized spacial score (nSPS) is 28.1. The highest BCUT2D eigenvalue weighted by atomic mass is 16.5. The lowest BCUT2D eigenvalue weighted by atomic mass is 9.48. The first-order chi connectivity index (χ1) is 15.6. The number of nitrogens with zero attached hydrogens (tertiary/aromatic N) is 3. The molecule has 2 aromatic heterocycles. The Balaban J connectivity index is 1.06. The van der Waals surface area contributed by atoms with Crippen molar-refractivity contribution in [2.24, 2.45) is 17.8 Å². The average molecular weight is 429 g/mol. The molecule has 4 aliphatic carbocycles. The molecule has 32 heavy (non-hydrogen) atoms. The fourth-order valence-corrected chi connectivity index (χ4v) is 6.79. The zero-order valence-corrected chi connectivity index (χ0v) is 18.2. The number of rotatable bonds is 6. The second-order valence-electron chi connectivity index (χ2n) is 10.1. The highest BCUT2D eigenvalue weighted by molar-refractivity contribution is 5.90. The molecule has 1 amide bonds. The van der Waals surface area contributed by atoms with Crippen LogP contribution in [0.5, 0.6) is 0 Å². The molecule has 4 bridgehead atoms. The fourth-order valence-electron chi connectivity index (χ4n) is 6.79. The van der Waals surface area contributed by atoms with Gasteiger partial charge >= 0.3 is 0 Å². The number of carbonyl (C=O) groups is 1. The van der Waals surface area contributed by atoms with Crippen molar-refractivity contribution in [1.29, 1.82) is 0 Å². The molecule has 0 atom stereocenters. The van der Waals surface area contributed by atoms with E-state index in [9.17, 15) is 4.79 Å². The van der Waals surface area contributed by atoms with Crippen LogP contribution in [0, 0.1) is 17.8 Å². The quantitative estimate of drug-likeness (QED) is 0.586. The highest BCUT2D eigenvalue weighted by Crippen LogP contribution is 2.60. The summed E-state index contributed by atoms with van der Waals surface area (Å²) >= 11 is 0. The Morgan fingerprint density at radius 2 is 1.62 bits per heavy atom. The zero-order valence-electron chi connectivity index (χ0n) is 18.2. The first-order valence-corrected chi connectivity index (χ1v) is 11.8. The lowest BCUT2D eigenvalue weighted by Crippen LogP contribution is -2.48. The van der Waals surface area contributed by atoms with Gasteiger partial charge in [-0.25, -0.2) is 0 Å². The van der Waals surface area contributed by atoms with Gasteiger partial charge in [0.25, 0.3) is 0 Å². The minimum absolute atomic E-state index is 0.0452. The molecule has 0 aliphatic heterocycles. The summed E-state index contributed by atoms with van der Waals surface area (Å²) in [6, 6.07) is 12.3. The van der Waals surface area contributed by atoms with Crippen LogP contribution >= 0.6 is 0 Å². The molecule has 1 N–H and O–H groups in total. The van der Waals surface area contributed by atoms with E-state index in [0.717, 1.165) is 29.0 Å². The van der Waals surface area contributed by atoms with Gasteiger partial charge < -0.3 is 9.84 Å². The van der Waals surface area contributed by atoms with Gasteiger partial charge in [0.1, 0.15) is 0 Å². The maximum absolute atomic E-state index is 12.5. The smallest absolute Gasteiger partial charge is 0.227 e. The fraction of sp³-hybridized carbons (Fsp3) is 0.462. The van der Waals surface area contributed by atoms with E-state index < -0.39 is 0 Å². The molecule has 6 heteroatoms. The predicted octanol–water partition coefficient (Wildman–Crippen LogP) is 5.17. The molecule has 0 radical (unpaired) electrons. The second-order valence-corrected chi connectivity index (χ2v) is 10.1. The van der Waals surface area contributed by atoms with Crippen LogP contribution < -0.4 is 5.32 Å². The van der Waals surface area contributed by atoms with Gasteiger partial charge in [0.2, 0.25) is 17.6 Å². The predicted molar refractivity (Wildman–Crippen MR) is 121 cm³/mol. The Morgan fingerprint density at radius 1 is 0.969 bits per heavy atom. The van der Waals surface area contributed by atoms with Gasteiger partial charge in [0.05, 0.1) is 0 Å². The molecule has 1 aromatic carbocycles. The van der Waals surface area contributed by atoms with Gasteiger partial charge in [-0.05, 0) is 91.5 Å². The molecular weight excluding hydrogens is 400 g/mol. The van der Waals surface area contributed by atoms with Crippen LogP contribution in [-0.4, -0.2) is 21.0 Å². The molecule has 0 spiro atoms. The number of aromatic nitrogens is 3. The van der Waals surface area contributed by atoms with Crippen LogP contribution in [0.4, 0.5) is 5.69 Å². The number of hydrogen-bond acceptors (Lipinski definition) is 5. The topological polar surface area (TPSA) is 80.9 Å². The molecule has 2 heterocycles. The summed E-state index contributed by atoms with van der Waals surface area (Å²) in [5, 5.41) is 7.00. The maximum Gasteiger partial charge on any atom is 0.227 e. The minimum atomic E-state index is -0.0452. The van der Waals surface area contributed by atoms with E-state index in [4.69, 9.17) is 4.52 Å². The summed E-state index contributed by atoms with van der Waals surface area (Å²) in [5.41, 5.74) is 3.57. The van der Waals surface area contributed by atoms with E-state index in [0.29, 0.717) is 30.0 Å². The summed E-state index contributed by atoms with van der Waals surface area (Å²) in [6.07, 6.45) is 12.5. The first kappa shape index (κ1) is 19.6. The van der Waals surface area contributed by atoms with E-state index in [1.165, 1.54) is 44.1 Å². The molecule has 0 unspecified atom stereocenters. The Morgan fingerprint density at radius 3 is 2.28 bits per heavy atom. The van der Waals surface area contributed by atoms with Gasteiger partial charge in [-0.3, -0.25) is 9.78 Å². The van der Waals surface area contributed by atoms with E-state index in [1.807, 2.05) is 12.1 Å². The van der Waals surface area contributed by atoms with E-state index >= 15 is 0 Å². The molecule has 0 saturated heterocycles. The van der Waals surface area contributed by atoms with Crippen molar-refractivity contribution in [2.45, 2.75) is 56.8 Å². The summed E-state index contributed by atoms with van der Waals surface area (Å²) in [5.74, 6) is 3.74. The van der Waals surface area contributed by atoms with Crippen molar-refractivity contribution in [3.05, 3.63) is 60.2 Å². The number of anilines is 1. The number of aryl methyl sites for hydroxylation is 1. The van der Waals surface area contributed by atoms with E-state index in [-0.39, 0.29) is 5.91 Å². The third-order valence-corrected chi connectivity index (χ3v) is 7.79. The Bertz CT molecular complexity index is 1070. The Labute approximate surface area is 187 Å². The Hall–Kier alpha value is -3.02. The number of amides is 1. The Kier molecular flexibility index (Phi) is 4.81. The van der Waals surface area contributed by atoms with Crippen LogP contribution in [0.15, 0.2) is 53.3 Å². The third kappa shape index (κ3) is 3.72. The summed E-state index contributed by atoms with van der Waals surface area (Å²) in [6.45, 7) is 0. The molecule has 4 fully saturated rings. The molecule has 7 rings (SSSR count). The van der Waals surface area contributed by atoms with Crippen LogP contribution in [0.25, 0.3) is 11.4 Å². The number of nitrogens with one attached hydrogen (secondary N) is 1. The number of carbonyl (C=O) groups excluding carboxylic acids is 1. The average Bonchev–Trinajstić information content (AvgIpc) is 3.27. The zero-order chi connectivity index (χ0) is 21.5. The van der Waals surface area contributed by atoms with Crippen LogP contribution in [0.2, 0.25) is 0 Å². The third-order valence-electron chi connectivity index (χ3n) is 7.79. The summed E-state index contributed by atoms with van der Waals surface area (Å²) in [7, 11) is 0. The molecule has 3 aromatic rings. The van der Waals surface area contributed by atoms with Gasteiger partial charge in [0.15, 0.2) is 0 Å². The van der Waals surface area contributed by atoms with Crippen molar-refractivity contribution in [3.63, 3.8) is 0 Å². The second kappa shape index (κ2) is 7.84. The first-order valence-electron chi connectivity index (χ1n) is 11.8. The molecular formula is C26H28N4O2. The maximum atomic E-state index is 12.5. The van der Waals surface area contributed by atoms with Crippen molar-refractivity contribution >= 4 is 11.6 Å². The van der Waals surface area contributed by atoms with Crippen molar-refractivity contribution in [2.75, 3.05) is 5.32 Å². The lowest BCUT2D eigenvalue weighted by molar-refractivity contribution is -0.116. The van der Waals surface area contributed by atoms with Gasteiger partial charge in [-0.2, -0.15) is 4.98 Å². The van der Waals surface area contributed by atoms with Crippen LogP contribution in [-0.2, 0) is 16.6 Å². The van der Waals surface area contributed by atoms with Crippen molar-refractivity contribution in [3.8, 4) is 11.4 Å². The van der Waals surface area contributed by atoms with Crippen molar-refractivity contribution in [1.82, 2.24) is 15.1 Å². The molecule has 164 valence electrons. The van der Waals surface area contributed by atoms with Crippen LogP contribution in [0.1, 0.15) is 56.4 Å². The minimum Gasteiger partial charge on any atom is -0.339 e. The SMILES string of the molecule is O=C(CCc1nc(-c2ccncc2)no1)Nc1ccc(C23CC4CC(CC(C4)C2)C3)cc1. The number of hydrogen-bond donors (Lipinski definition) is 1. The van der Waals surface area contributed by atoms with Crippen LogP contribution in [0.3, 0.4) is 0 Å². The van der Waals surface area contributed by atoms with E-state index in [1.54, 1.807) is 12.4 Å². The molecule has 4 saturated carbocycles.